The number of nitrogens with one attached hydrogen (secondary N) is 1. The van der Waals surface area contributed by atoms with Crippen molar-refractivity contribution in [2.24, 2.45) is 0 Å². The summed E-state index contributed by atoms with van der Waals surface area (Å²) in [4.78, 5) is 17.8. The third kappa shape index (κ3) is 4.03. The smallest absolute Gasteiger partial charge is 0.223 e. The number of rotatable bonds is 6. The van der Waals surface area contributed by atoms with Crippen LogP contribution in [0.15, 0.2) is 49.1 Å². The quantitative estimate of drug-likeness (QED) is 0.718. The zero-order valence-electron chi connectivity index (χ0n) is 15.1. The van der Waals surface area contributed by atoms with Crippen LogP contribution in [0.5, 0.6) is 5.75 Å². The molecule has 1 fully saturated rings. The lowest BCUT2D eigenvalue weighted by molar-refractivity contribution is 0.109. The number of hydrogen-bond acceptors (Lipinski definition) is 7. The van der Waals surface area contributed by atoms with E-state index < -0.39 is 0 Å². The lowest BCUT2D eigenvalue weighted by atomic mass is 10.1. The van der Waals surface area contributed by atoms with E-state index in [0.29, 0.717) is 12.5 Å². The zero-order chi connectivity index (χ0) is 18.5. The van der Waals surface area contributed by atoms with Gasteiger partial charge < -0.3 is 14.8 Å². The van der Waals surface area contributed by atoms with Crippen molar-refractivity contribution in [1.82, 2.24) is 19.9 Å². The molecule has 0 spiro atoms. The molecule has 27 heavy (non-hydrogen) atoms. The number of nitrogens with zero attached hydrogens (tertiary/aromatic N) is 4. The van der Waals surface area contributed by atoms with Crippen molar-refractivity contribution in [3.05, 3.63) is 60.3 Å². The molecule has 3 aromatic rings. The average molecular weight is 363 g/mol. The lowest BCUT2D eigenvalue weighted by Crippen LogP contribution is -2.09. The Morgan fingerprint density at radius 2 is 2.19 bits per heavy atom. The molecule has 3 heterocycles. The second-order valence-corrected chi connectivity index (χ2v) is 6.29. The van der Waals surface area contributed by atoms with E-state index in [4.69, 9.17) is 14.5 Å². The fourth-order valence-electron chi connectivity index (χ4n) is 3.12. The van der Waals surface area contributed by atoms with Crippen LogP contribution >= 0.6 is 0 Å². The lowest BCUT2D eigenvalue weighted by Gasteiger charge is -2.15. The van der Waals surface area contributed by atoms with Crippen LogP contribution in [0, 0.1) is 0 Å². The number of methoxy groups -OCH3 is 1. The Labute approximate surface area is 157 Å². The fourth-order valence-corrected chi connectivity index (χ4v) is 3.12. The Morgan fingerprint density at radius 3 is 2.96 bits per heavy atom. The van der Waals surface area contributed by atoms with Gasteiger partial charge in [-0.15, -0.1) is 0 Å². The summed E-state index contributed by atoms with van der Waals surface area (Å²) < 4.78 is 11.1. The monoisotopic (exact) mass is 363 g/mol. The van der Waals surface area contributed by atoms with Crippen molar-refractivity contribution >= 4 is 5.95 Å². The molecule has 0 saturated carbocycles. The maximum Gasteiger partial charge on any atom is 0.223 e. The summed E-state index contributed by atoms with van der Waals surface area (Å²) in [5.41, 5.74) is 3.56. The first-order chi connectivity index (χ1) is 13.3. The highest BCUT2D eigenvalue weighted by Gasteiger charge is 2.24. The van der Waals surface area contributed by atoms with Crippen LogP contribution in [0.1, 0.15) is 30.2 Å². The second kappa shape index (κ2) is 8.09. The van der Waals surface area contributed by atoms with E-state index in [0.717, 1.165) is 47.7 Å². The molecule has 7 nitrogen and oxygen atoms in total. The Kier molecular flexibility index (Phi) is 5.20. The first kappa shape index (κ1) is 17.4. The van der Waals surface area contributed by atoms with Crippen molar-refractivity contribution in [1.29, 1.82) is 0 Å². The third-order valence-corrected chi connectivity index (χ3v) is 4.48. The molecule has 0 radical (unpaired) electrons. The first-order valence-electron chi connectivity index (χ1n) is 8.95. The molecule has 4 rings (SSSR count). The summed E-state index contributed by atoms with van der Waals surface area (Å²) in [6.07, 6.45) is 8.77. The Hall–Kier alpha value is -3.06. The number of benzene rings is 1. The van der Waals surface area contributed by atoms with Gasteiger partial charge in [0.15, 0.2) is 0 Å². The van der Waals surface area contributed by atoms with Crippen LogP contribution in [-0.2, 0) is 11.3 Å². The number of ether oxygens (including phenoxy) is 2. The molecule has 2 aromatic heterocycles. The Morgan fingerprint density at radius 1 is 1.22 bits per heavy atom. The van der Waals surface area contributed by atoms with Crippen molar-refractivity contribution < 1.29 is 9.47 Å². The molecule has 138 valence electrons. The van der Waals surface area contributed by atoms with Crippen LogP contribution in [0.3, 0.4) is 0 Å². The van der Waals surface area contributed by atoms with Crippen LogP contribution in [0.4, 0.5) is 5.95 Å². The molecule has 1 N–H and O–H groups in total. The maximum absolute atomic E-state index is 5.87. The Balaban J connectivity index is 1.59. The van der Waals surface area contributed by atoms with Gasteiger partial charge in [0.1, 0.15) is 11.9 Å². The number of hydrogen-bond donors (Lipinski definition) is 1. The summed E-state index contributed by atoms with van der Waals surface area (Å²) in [7, 11) is 1.66. The largest absolute Gasteiger partial charge is 0.497 e. The van der Waals surface area contributed by atoms with Crippen LogP contribution in [-0.4, -0.2) is 33.7 Å². The molecule has 0 bridgehead atoms. The van der Waals surface area contributed by atoms with E-state index in [1.807, 2.05) is 24.3 Å². The normalized spacial score (nSPS) is 16.3. The van der Waals surface area contributed by atoms with E-state index in [1.165, 1.54) is 0 Å². The molecule has 0 aliphatic carbocycles. The summed E-state index contributed by atoms with van der Waals surface area (Å²) in [5.74, 6) is 1.39. The molecule has 1 aromatic carbocycles. The van der Waals surface area contributed by atoms with E-state index in [2.05, 4.69) is 20.3 Å². The highest BCUT2D eigenvalue weighted by atomic mass is 16.5. The fraction of sp³-hybridized carbons (Fsp3) is 0.300. The van der Waals surface area contributed by atoms with E-state index in [-0.39, 0.29) is 6.10 Å². The molecular weight excluding hydrogens is 342 g/mol. The van der Waals surface area contributed by atoms with E-state index >= 15 is 0 Å². The summed E-state index contributed by atoms with van der Waals surface area (Å²) in [6.45, 7) is 1.35. The van der Waals surface area contributed by atoms with E-state index in [9.17, 15) is 0 Å². The number of aromatic nitrogens is 4. The van der Waals surface area contributed by atoms with Crippen molar-refractivity contribution in [2.75, 3.05) is 19.0 Å². The van der Waals surface area contributed by atoms with Gasteiger partial charge >= 0.3 is 0 Å². The minimum Gasteiger partial charge on any atom is -0.497 e. The molecule has 1 aliphatic heterocycles. The van der Waals surface area contributed by atoms with Gasteiger partial charge in [0.05, 0.1) is 24.7 Å². The first-order valence-corrected chi connectivity index (χ1v) is 8.95. The molecule has 1 saturated heterocycles. The van der Waals surface area contributed by atoms with Gasteiger partial charge in [0.25, 0.3) is 0 Å². The molecule has 0 amide bonds. The van der Waals surface area contributed by atoms with Crippen LogP contribution in [0.25, 0.3) is 11.3 Å². The van der Waals surface area contributed by atoms with Gasteiger partial charge in [-0.25, -0.2) is 9.97 Å². The van der Waals surface area contributed by atoms with Gasteiger partial charge in [-0.3, -0.25) is 9.97 Å². The van der Waals surface area contributed by atoms with Gasteiger partial charge in [0.2, 0.25) is 5.95 Å². The number of anilines is 1. The van der Waals surface area contributed by atoms with E-state index in [1.54, 1.807) is 31.9 Å². The van der Waals surface area contributed by atoms with Crippen molar-refractivity contribution in [2.45, 2.75) is 25.5 Å². The predicted molar refractivity (Wildman–Crippen MR) is 101 cm³/mol. The second-order valence-electron chi connectivity index (χ2n) is 6.29. The predicted octanol–water partition coefficient (Wildman–Crippen LogP) is 3.41. The Bertz CT molecular complexity index is 898. The molecule has 7 heteroatoms. The molecule has 1 aliphatic rings. The van der Waals surface area contributed by atoms with Gasteiger partial charge in [-0.2, -0.15) is 0 Å². The highest BCUT2D eigenvalue weighted by Crippen LogP contribution is 2.33. The minimum absolute atomic E-state index is 0.0395. The maximum atomic E-state index is 5.87. The molecule has 0 unspecified atom stereocenters. The topological polar surface area (TPSA) is 82.0 Å². The summed E-state index contributed by atoms with van der Waals surface area (Å²) >= 11 is 0. The molecular formula is C20H21N5O2. The van der Waals surface area contributed by atoms with Gasteiger partial charge in [-0.05, 0) is 30.5 Å². The van der Waals surface area contributed by atoms with Gasteiger partial charge in [0, 0.05) is 37.3 Å². The summed E-state index contributed by atoms with van der Waals surface area (Å²) in [5, 5.41) is 3.29. The van der Waals surface area contributed by atoms with Crippen LogP contribution in [0.2, 0.25) is 0 Å². The highest BCUT2D eigenvalue weighted by molar-refractivity contribution is 5.61. The SMILES string of the molecule is COc1cccc(CNc2ncc(-c3cnccn3)c([C@H]3CCCO3)n2)c1. The third-order valence-electron chi connectivity index (χ3n) is 4.48. The standard InChI is InChI=1S/C20H21N5O2/c1-26-15-5-2-4-14(10-15)11-23-20-24-12-16(17-13-21-7-8-22-17)19(25-20)18-6-3-9-27-18/h2,4-5,7-8,10,12-13,18H,3,6,9,11H2,1H3,(H,23,24,25)/t18-/m1/s1. The zero-order valence-corrected chi connectivity index (χ0v) is 15.1. The average Bonchev–Trinajstić information content (AvgIpc) is 3.28. The van der Waals surface area contributed by atoms with Crippen molar-refractivity contribution in [3.8, 4) is 17.0 Å². The van der Waals surface area contributed by atoms with Crippen LogP contribution < -0.4 is 10.1 Å². The minimum atomic E-state index is -0.0395. The molecule has 1 atom stereocenters. The van der Waals surface area contributed by atoms with Gasteiger partial charge in [-0.1, -0.05) is 12.1 Å². The van der Waals surface area contributed by atoms with Crippen molar-refractivity contribution in [3.63, 3.8) is 0 Å². The summed E-state index contributed by atoms with van der Waals surface area (Å²) in [6, 6.07) is 7.91.